The summed E-state index contributed by atoms with van der Waals surface area (Å²) in [5.41, 5.74) is 16.2. The van der Waals surface area contributed by atoms with Crippen LogP contribution in [0.15, 0.2) is 12.1 Å². The van der Waals surface area contributed by atoms with Crippen LogP contribution in [0.2, 0.25) is 0 Å². The maximum Gasteiger partial charge on any atom is 0.0589 e. The Morgan fingerprint density at radius 3 is 2.40 bits per heavy atom. The summed E-state index contributed by atoms with van der Waals surface area (Å²) in [4.78, 5) is 0. The van der Waals surface area contributed by atoms with E-state index in [0.29, 0.717) is 5.69 Å². The Morgan fingerprint density at radius 1 is 1.30 bits per heavy atom. The minimum atomic E-state index is 0.517. The fourth-order valence-electron chi connectivity index (χ4n) is 0.864. The highest BCUT2D eigenvalue weighted by molar-refractivity contribution is 5.62. The number of nitrogen functional groups attached to an aromatic ring is 1. The average molecular weight is 135 g/mol. The normalized spacial score (nSPS) is 9.80. The average Bonchev–Trinajstić information content (AvgIpc) is 1.93. The zero-order chi connectivity index (χ0) is 7.72. The van der Waals surface area contributed by atoms with Gasteiger partial charge in [0.1, 0.15) is 0 Å². The minimum absolute atomic E-state index is 0.517. The van der Waals surface area contributed by atoms with Gasteiger partial charge in [0.25, 0.3) is 0 Å². The summed E-state index contributed by atoms with van der Waals surface area (Å²) in [6.45, 7) is 3.81. The van der Waals surface area contributed by atoms with Crippen molar-refractivity contribution >= 4 is 11.4 Å². The minimum Gasteiger partial charge on any atom is -0.398 e. The molecule has 0 saturated heterocycles. The van der Waals surface area contributed by atoms with Crippen molar-refractivity contribution in [3.8, 4) is 0 Å². The van der Waals surface area contributed by atoms with E-state index < -0.39 is 0 Å². The van der Waals surface area contributed by atoms with Gasteiger partial charge in [-0.05, 0) is 31.0 Å². The first-order valence-electron chi connectivity index (χ1n) is 3.20. The van der Waals surface area contributed by atoms with Crippen molar-refractivity contribution < 1.29 is 0 Å². The Balaban J connectivity index is 3.34. The van der Waals surface area contributed by atoms with Crippen molar-refractivity contribution in [1.82, 2.24) is 5.73 Å². The Hall–Kier alpha value is -1.18. The molecule has 2 nitrogen and oxygen atoms in total. The molecule has 3 N–H and O–H groups in total. The van der Waals surface area contributed by atoms with Crippen LogP contribution in [0.1, 0.15) is 11.1 Å². The van der Waals surface area contributed by atoms with Gasteiger partial charge in [0.05, 0.1) is 5.69 Å². The molecule has 0 atom stereocenters. The molecule has 0 fully saturated rings. The van der Waals surface area contributed by atoms with Gasteiger partial charge in [-0.15, -0.1) is 0 Å². The van der Waals surface area contributed by atoms with Crippen LogP contribution in [-0.2, 0) is 0 Å². The molecule has 1 aromatic carbocycles. The van der Waals surface area contributed by atoms with Crippen molar-refractivity contribution in [2.24, 2.45) is 0 Å². The lowest BCUT2D eigenvalue weighted by atomic mass is 10.1. The summed E-state index contributed by atoms with van der Waals surface area (Å²) < 4.78 is 0. The smallest absolute Gasteiger partial charge is 0.0589 e. The highest BCUT2D eigenvalue weighted by Crippen LogP contribution is 2.22. The topological polar surface area (TPSA) is 49.8 Å². The third-order valence-corrected chi connectivity index (χ3v) is 1.73. The summed E-state index contributed by atoms with van der Waals surface area (Å²) in [7, 11) is 0. The van der Waals surface area contributed by atoms with E-state index in [2.05, 4.69) is 0 Å². The highest BCUT2D eigenvalue weighted by Gasteiger charge is 1.99. The first-order valence-corrected chi connectivity index (χ1v) is 3.20. The maximum atomic E-state index is 7.38. The lowest BCUT2D eigenvalue weighted by molar-refractivity contribution is 1.33. The van der Waals surface area contributed by atoms with Crippen LogP contribution >= 0.6 is 0 Å². The van der Waals surface area contributed by atoms with E-state index in [1.807, 2.05) is 19.9 Å². The van der Waals surface area contributed by atoms with E-state index in [1.165, 1.54) is 0 Å². The number of hydrogen-bond acceptors (Lipinski definition) is 1. The van der Waals surface area contributed by atoms with Crippen molar-refractivity contribution in [2.45, 2.75) is 13.8 Å². The van der Waals surface area contributed by atoms with E-state index in [1.54, 1.807) is 6.07 Å². The molecule has 0 aliphatic carbocycles. The standard InChI is InChI=1S/C8H11N2/c1-5-3-4-7(9)6(2)8(5)10/h3-4,9H,10H2,1-2H3. The Morgan fingerprint density at radius 2 is 1.90 bits per heavy atom. The van der Waals surface area contributed by atoms with E-state index in [4.69, 9.17) is 11.5 Å². The molecule has 0 heterocycles. The molecular formula is C8H11N2. The molecular weight excluding hydrogens is 124 g/mol. The molecule has 1 aromatic rings. The van der Waals surface area contributed by atoms with Gasteiger partial charge in [-0.25, -0.2) is 0 Å². The molecule has 10 heavy (non-hydrogen) atoms. The number of aryl methyl sites for hydroxylation is 1. The van der Waals surface area contributed by atoms with Gasteiger partial charge in [0.15, 0.2) is 0 Å². The zero-order valence-corrected chi connectivity index (χ0v) is 6.23. The van der Waals surface area contributed by atoms with Crippen LogP contribution in [0.25, 0.3) is 0 Å². The maximum absolute atomic E-state index is 7.38. The van der Waals surface area contributed by atoms with Crippen LogP contribution in [0, 0.1) is 13.8 Å². The summed E-state index contributed by atoms with van der Waals surface area (Å²) in [6.07, 6.45) is 0. The van der Waals surface area contributed by atoms with Crippen LogP contribution in [0.3, 0.4) is 0 Å². The third-order valence-electron chi connectivity index (χ3n) is 1.73. The summed E-state index contributed by atoms with van der Waals surface area (Å²) in [5, 5.41) is 0. The molecule has 0 amide bonds. The first kappa shape index (κ1) is 6.93. The first-order chi connectivity index (χ1) is 4.63. The molecule has 1 rings (SSSR count). The quantitative estimate of drug-likeness (QED) is 0.542. The lowest BCUT2D eigenvalue weighted by Gasteiger charge is -2.04. The number of anilines is 1. The number of rotatable bonds is 0. The zero-order valence-electron chi connectivity index (χ0n) is 6.23. The van der Waals surface area contributed by atoms with E-state index in [-0.39, 0.29) is 0 Å². The van der Waals surface area contributed by atoms with E-state index >= 15 is 0 Å². The molecule has 0 spiro atoms. The summed E-state index contributed by atoms with van der Waals surface area (Å²) in [5.74, 6) is 0. The molecule has 0 unspecified atom stereocenters. The number of benzene rings is 1. The molecule has 2 heteroatoms. The molecule has 0 saturated carbocycles. The number of nitrogens with two attached hydrogens (primary N) is 1. The SMILES string of the molecule is Cc1ccc([NH])c(C)c1N. The van der Waals surface area contributed by atoms with Gasteiger partial charge < -0.3 is 11.5 Å². The van der Waals surface area contributed by atoms with Gasteiger partial charge >= 0.3 is 0 Å². The Labute approximate surface area is 60.8 Å². The van der Waals surface area contributed by atoms with E-state index in [0.717, 1.165) is 16.8 Å². The van der Waals surface area contributed by atoms with Crippen LogP contribution in [0.4, 0.5) is 11.4 Å². The van der Waals surface area contributed by atoms with Crippen LogP contribution < -0.4 is 11.5 Å². The fourth-order valence-corrected chi connectivity index (χ4v) is 0.864. The van der Waals surface area contributed by atoms with Gasteiger partial charge in [0, 0.05) is 5.69 Å². The third kappa shape index (κ3) is 0.923. The van der Waals surface area contributed by atoms with Gasteiger partial charge in [-0.1, -0.05) is 6.07 Å². The predicted molar refractivity (Wildman–Crippen MR) is 43.1 cm³/mol. The molecule has 0 aliphatic heterocycles. The van der Waals surface area contributed by atoms with Crippen LogP contribution in [-0.4, -0.2) is 0 Å². The second kappa shape index (κ2) is 2.21. The predicted octanol–water partition coefficient (Wildman–Crippen LogP) is 1.80. The largest absolute Gasteiger partial charge is 0.398 e. The van der Waals surface area contributed by atoms with Gasteiger partial charge in [0.2, 0.25) is 0 Å². The van der Waals surface area contributed by atoms with Gasteiger partial charge in [-0.3, -0.25) is 0 Å². The monoisotopic (exact) mass is 135 g/mol. The Bertz CT molecular complexity index is 227. The van der Waals surface area contributed by atoms with Crippen molar-refractivity contribution in [3.63, 3.8) is 0 Å². The summed E-state index contributed by atoms with van der Waals surface area (Å²) >= 11 is 0. The van der Waals surface area contributed by atoms with Gasteiger partial charge in [-0.2, -0.15) is 0 Å². The second-order valence-corrected chi connectivity index (χ2v) is 2.47. The molecule has 0 aromatic heterocycles. The van der Waals surface area contributed by atoms with Crippen molar-refractivity contribution in [2.75, 3.05) is 5.73 Å². The van der Waals surface area contributed by atoms with Crippen molar-refractivity contribution in [3.05, 3.63) is 23.3 Å². The Kier molecular flexibility index (Phi) is 1.53. The van der Waals surface area contributed by atoms with Crippen LogP contribution in [0.5, 0.6) is 0 Å². The lowest BCUT2D eigenvalue weighted by Crippen LogP contribution is -1.93. The van der Waals surface area contributed by atoms with Crippen molar-refractivity contribution in [1.29, 1.82) is 0 Å². The molecule has 0 aliphatic rings. The molecule has 1 radical (unpaired) electrons. The second-order valence-electron chi connectivity index (χ2n) is 2.47. The number of hydrogen-bond donors (Lipinski definition) is 1. The molecule has 53 valence electrons. The highest BCUT2D eigenvalue weighted by atomic mass is 14.6. The number of nitrogens with one attached hydrogen (secondary N) is 1. The molecule has 0 bridgehead atoms. The summed E-state index contributed by atoms with van der Waals surface area (Å²) in [6, 6.07) is 3.63. The van der Waals surface area contributed by atoms with E-state index in [9.17, 15) is 0 Å². The fraction of sp³-hybridized carbons (Fsp3) is 0.250.